The number of carbonyl (C=O) groups excluding carboxylic acids is 2. The number of benzene rings is 1. The van der Waals surface area contributed by atoms with E-state index in [1.165, 1.54) is 205 Å². The highest BCUT2D eigenvalue weighted by molar-refractivity contribution is 6.75. The molecule has 1 N–H and O–H groups in total. The van der Waals surface area contributed by atoms with Crippen LogP contribution < -0.4 is 5.32 Å². The summed E-state index contributed by atoms with van der Waals surface area (Å²) in [7, 11) is -8.52. The maximum atomic E-state index is 14.7. The normalized spacial score (nSPS) is 14.7. The van der Waals surface area contributed by atoms with Crippen LogP contribution >= 0.6 is 0 Å². The van der Waals surface area contributed by atoms with Gasteiger partial charge in [-0.2, -0.15) is 0 Å². The van der Waals surface area contributed by atoms with Crippen LogP contribution in [0.1, 0.15) is 373 Å². The molecule has 1 aromatic carbocycles. The summed E-state index contributed by atoms with van der Waals surface area (Å²) in [4.78, 5) is 34.7. The minimum absolute atomic E-state index is 0.0855. The highest BCUT2D eigenvalue weighted by Gasteiger charge is 2.44. The minimum atomic E-state index is -2.13. The lowest BCUT2D eigenvalue weighted by atomic mass is 10.0. The number of nitrogens with one attached hydrogen (secondary N) is 1. The molecule has 0 radical (unpaired) electrons. The molecule has 1 amide bonds. The second-order valence-corrected chi connectivity index (χ2v) is 57.4. The summed E-state index contributed by atoms with van der Waals surface area (Å²) in [6.45, 7) is 62.2. The number of nitrogens with zero attached hydrogens (tertiary/aromatic N) is 2. The van der Waals surface area contributed by atoms with Gasteiger partial charge in [0.15, 0.2) is 33.3 Å². The Morgan fingerprint density at radius 2 is 0.621 bits per heavy atom. The predicted octanol–water partition coefficient (Wildman–Crippen LogP) is 27.1. The van der Waals surface area contributed by atoms with E-state index in [2.05, 4.69) is 203 Å². The van der Waals surface area contributed by atoms with E-state index < -0.39 is 39.3 Å². The summed E-state index contributed by atoms with van der Waals surface area (Å²) in [6, 6.07) is 9.64. The van der Waals surface area contributed by atoms with Gasteiger partial charge in [0.05, 0.1) is 31.0 Å². The van der Waals surface area contributed by atoms with Crippen LogP contribution in [0.2, 0.25) is 72.5 Å². The van der Waals surface area contributed by atoms with Gasteiger partial charge in [-0.15, -0.1) is 0 Å². The fourth-order valence-electron chi connectivity index (χ4n) is 13.3. The van der Waals surface area contributed by atoms with Crippen molar-refractivity contribution in [3.05, 3.63) is 35.9 Å². The van der Waals surface area contributed by atoms with Crippen molar-refractivity contribution in [2.24, 2.45) is 0 Å². The molecule has 0 fully saturated rings. The van der Waals surface area contributed by atoms with E-state index >= 15 is 0 Å². The first-order chi connectivity index (χ1) is 48.3. The third kappa shape index (κ3) is 46.9. The summed E-state index contributed by atoms with van der Waals surface area (Å²) in [5.74, 6) is -0.422. The van der Waals surface area contributed by atoms with E-state index in [9.17, 15) is 9.59 Å². The summed E-state index contributed by atoms with van der Waals surface area (Å²) >= 11 is 0. The van der Waals surface area contributed by atoms with Crippen molar-refractivity contribution >= 4 is 45.1 Å². The monoisotopic (exact) mass is 1510 g/mol. The highest BCUT2D eigenvalue weighted by atomic mass is 28.4. The number of hydrogen-bond acceptors (Lipinski definition) is 9. The van der Waals surface area contributed by atoms with Crippen LogP contribution in [0.4, 0.5) is 0 Å². The molecular formula is C89H179N3O7Si4. The van der Waals surface area contributed by atoms with Gasteiger partial charge in [-0.25, -0.2) is 4.79 Å². The zero-order valence-corrected chi connectivity index (χ0v) is 77.5. The molecule has 5 atom stereocenters. The predicted molar refractivity (Wildman–Crippen MR) is 462 cm³/mol. The molecule has 0 aliphatic rings. The second kappa shape index (κ2) is 54.4. The van der Waals surface area contributed by atoms with E-state index in [4.69, 9.17) is 22.4 Å². The Bertz CT molecular complexity index is 2120. The number of unbranched alkanes of at least 4 members (excludes halogenated alkanes) is 28. The zero-order chi connectivity index (χ0) is 77.5. The topological polar surface area (TPSA) is 98.8 Å². The quantitative estimate of drug-likeness (QED) is 0.0388. The first kappa shape index (κ1) is 99.8. The van der Waals surface area contributed by atoms with Crippen LogP contribution in [0.25, 0.3) is 0 Å². The van der Waals surface area contributed by atoms with Crippen molar-refractivity contribution < 1.29 is 32.0 Å². The molecular weight excluding hydrogens is 1340 g/mol. The average Bonchev–Trinajstić information content (AvgIpc) is 0.840. The molecule has 4 unspecified atom stereocenters. The van der Waals surface area contributed by atoms with Gasteiger partial charge in [-0.05, 0) is 136 Å². The fraction of sp³-hybridized carbons (Fsp3) is 0.910. The number of hydrogen-bond donors (Lipinski definition) is 1. The molecule has 0 aliphatic carbocycles. The third-order valence-corrected chi connectivity index (χ3v) is 42.5. The molecule has 14 heteroatoms. The fourth-order valence-corrected chi connectivity index (χ4v) is 18.8. The Morgan fingerprint density at radius 1 is 0.359 bits per heavy atom. The summed E-state index contributed by atoms with van der Waals surface area (Å²) < 4.78 is 36.3. The van der Waals surface area contributed by atoms with Crippen LogP contribution in [0.3, 0.4) is 0 Å². The Labute approximate surface area is 647 Å². The van der Waals surface area contributed by atoms with Crippen molar-refractivity contribution in [1.82, 2.24) is 15.1 Å². The average molecular weight is 1520 g/mol. The van der Waals surface area contributed by atoms with E-state index in [-0.39, 0.29) is 63.1 Å². The van der Waals surface area contributed by atoms with Crippen LogP contribution in [-0.2, 0) is 38.5 Å². The van der Waals surface area contributed by atoms with Crippen LogP contribution in [0.5, 0.6) is 0 Å². The molecule has 608 valence electrons. The smallest absolute Gasteiger partial charge is 0.328 e. The van der Waals surface area contributed by atoms with Crippen molar-refractivity contribution in [2.45, 2.75) is 477 Å². The van der Waals surface area contributed by atoms with Gasteiger partial charge < -0.3 is 27.8 Å². The molecule has 0 aliphatic heterocycles. The van der Waals surface area contributed by atoms with Crippen molar-refractivity contribution in [3.8, 4) is 0 Å². The summed E-state index contributed by atoms with van der Waals surface area (Å²) in [5, 5.41) is 3.65. The SMILES string of the molecule is CCCCCCCCCCC(CN(CCCOC(=O)[C@H](CCc1ccccc1)NC(=O)CCCN(CC(CCCCCCCCCC)O[Si](C)(C)C(C)(C)C)CC(CCCCCCCCCC)O[Si](C)(C)C(C)(C)C)CC(CCCCCCCCCC)O[Si](C)(C)C(C)(C)C)O[Si](C)(C)C(C)(C)C. The molecule has 0 aromatic heterocycles. The lowest BCUT2D eigenvalue weighted by Crippen LogP contribution is -2.50. The van der Waals surface area contributed by atoms with Crippen LogP contribution in [0.15, 0.2) is 30.3 Å². The Morgan fingerprint density at radius 3 is 0.893 bits per heavy atom. The number of esters is 1. The van der Waals surface area contributed by atoms with Crippen LogP contribution in [0, 0.1) is 0 Å². The summed E-state index contributed by atoms with van der Waals surface area (Å²) in [5.41, 5.74) is 1.15. The molecule has 1 rings (SSSR count). The van der Waals surface area contributed by atoms with E-state index in [0.717, 1.165) is 70.5 Å². The molecule has 0 saturated carbocycles. The number of ether oxygens (including phenoxy) is 1. The Kier molecular flexibility index (Phi) is 52.7. The van der Waals surface area contributed by atoms with Gasteiger partial charge in [0.25, 0.3) is 0 Å². The van der Waals surface area contributed by atoms with Gasteiger partial charge in [0.1, 0.15) is 6.04 Å². The molecule has 10 nitrogen and oxygen atoms in total. The molecule has 1 aromatic rings. The van der Waals surface area contributed by atoms with Gasteiger partial charge in [0, 0.05) is 39.1 Å². The molecule has 103 heavy (non-hydrogen) atoms. The van der Waals surface area contributed by atoms with Crippen molar-refractivity contribution in [3.63, 3.8) is 0 Å². The van der Waals surface area contributed by atoms with Gasteiger partial charge in [-0.3, -0.25) is 14.6 Å². The standard InChI is InChI=1S/C89H179N3O7Si4/c1-25-29-33-37-41-45-49-56-64-79(96-100(17,18)86(5,6)7)74-91(75-80(97-101(19,20)87(8,9)10)65-57-50-46-42-38-34-30-26-2)71-60-68-84(93)90-83(70-69-78-62-54-53-55-63-78)85(94)95-73-61-72-92(76-81(98-102(21,22)88(11,12)13)66-58-51-47-43-39-35-31-27-3)77-82(99-103(23,24)89(14,15)16)67-59-52-48-44-40-36-32-28-4/h53-55,62-63,79-83H,25-52,56-61,64-77H2,1-24H3,(H,90,93)/t79?,80?,81?,82?,83-/m0/s1. The summed E-state index contributed by atoms with van der Waals surface area (Å²) in [6.07, 6.45) is 48.8. The Hall–Kier alpha value is -1.21. The zero-order valence-electron chi connectivity index (χ0n) is 73.5. The molecule has 0 spiro atoms. The maximum Gasteiger partial charge on any atom is 0.328 e. The van der Waals surface area contributed by atoms with E-state index in [1.807, 2.05) is 6.07 Å². The first-order valence-electron chi connectivity index (χ1n) is 44.0. The van der Waals surface area contributed by atoms with Crippen LogP contribution in [-0.4, -0.2) is 131 Å². The number of rotatable bonds is 65. The van der Waals surface area contributed by atoms with Crippen molar-refractivity contribution in [2.75, 3.05) is 45.9 Å². The first-order valence-corrected chi connectivity index (χ1v) is 55.6. The molecule has 0 bridgehead atoms. The third-order valence-electron chi connectivity index (χ3n) is 24.4. The van der Waals surface area contributed by atoms with Gasteiger partial charge in [0.2, 0.25) is 5.91 Å². The van der Waals surface area contributed by atoms with E-state index in [0.29, 0.717) is 32.1 Å². The largest absolute Gasteiger partial charge is 0.464 e. The minimum Gasteiger partial charge on any atom is -0.464 e. The lowest BCUT2D eigenvalue weighted by Gasteiger charge is -2.42. The lowest BCUT2D eigenvalue weighted by molar-refractivity contribution is -0.148. The Balaban J connectivity index is 3.76. The molecule has 0 saturated heterocycles. The number of aryl methyl sites for hydroxylation is 1. The van der Waals surface area contributed by atoms with Gasteiger partial charge in [-0.1, -0.05) is 347 Å². The number of carbonyl (C=O) groups is 2. The second-order valence-electron chi connectivity index (χ2n) is 38.3. The maximum absolute atomic E-state index is 14.7. The van der Waals surface area contributed by atoms with Gasteiger partial charge >= 0.3 is 5.97 Å². The molecule has 0 heterocycles. The highest BCUT2D eigenvalue weighted by Crippen LogP contribution is 2.42. The van der Waals surface area contributed by atoms with Crippen molar-refractivity contribution in [1.29, 1.82) is 0 Å². The number of amides is 1. The van der Waals surface area contributed by atoms with E-state index in [1.54, 1.807) is 0 Å².